The normalized spacial score (nSPS) is 14.4. The molecule has 2 heterocycles. The summed E-state index contributed by atoms with van der Waals surface area (Å²) in [5.41, 5.74) is 1.19. The lowest BCUT2D eigenvalue weighted by atomic mass is 9.92. The molecule has 30 heavy (non-hydrogen) atoms. The first-order valence-corrected chi connectivity index (χ1v) is 10.9. The van der Waals surface area contributed by atoms with Gasteiger partial charge in [0.25, 0.3) is 0 Å². The molecule has 0 fully saturated rings. The third-order valence-electron chi connectivity index (χ3n) is 5.55. The van der Waals surface area contributed by atoms with E-state index >= 15 is 0 Å². The maximum Gasteiger partial charge on any atom is 0.105 e. The number of aliphatic hydroxyl groups is 1. The molecule has 0 amide bonds. The van der Waals surface area contributed by atoms with Gasteiger partial charge in [0.1, 0.15) is 5.60 Å². The molecule has 4 aromatic rings. The predicted molar refractivity (Wildman–Crippen MR) is 128 cm³/mol. The molecule has 0 saturated heterocycles. The van der Waals surface area contributed by atoms with Gasteiger partial charge < -0.3 is 10.4 Å². The highest BCUT2D eigenvalue weighted by Crippen LogP contribution is 2.33. The second-order valence-electron chi connectivity index (χ2n) is 8.03. The van der Waals surface area contributed by atoms with Gasteiger partial charge >= 0.3 is 0 Å². The molecular formula is C24H28ClN3OS. The Morgan fingerprint density at radius 1 is 1.13 bits per heavy atom. The first-order chi connectivity index (χ1) is 14.0. The molecule has 6 heteroatoms. The van der Waals surface area contributed by atoms with Gasteiger partial charge in [-0.05, 0) is 73.8 Å². The fourth-order valence-electron chi connectivity index (χ4n) is 3.78. The maximum atomic E-state index is 11.0. The van der Waals surface area contributed by atoms with Crippen molar-refractivity contribution in [1.82, 2.24) is 14.7 Å². The van der Waals surface area contributed by atoms with E-state index < -0.39 is 5.60 Å². The van der Waals surface area contributed by atoms with Crippen LogP contribution in [0.5, 0.6) is 0 Å². The van der Waals surface area contributed by atoms with E-state index in [1.54, 1.807) is 0 Å². The molecule has 2 N–H and O–H groups in total. The number of hydrogen-bond acceptors (Lipinski definition) is 5. The third-order valence-corrected chi connectivity index (χ3v) is 6.37. The zero-order valence-electron chi connectivity index (χ0n) is 17.3. The smallest absolute Gasteiger partial charge is 0.105 e. The topological polar surface area (TPSA) is 58.0 Å². The van der Waals surface area contributed by atoms with E-state index in [-0.39, 0.29) is 12.4 Å². The summed E-state index contributed by atoms with van der Waals surface area (Å²) in [7, 11) is 0. The SMILES string of the molecule is C[C@H](CCCC(C)(O)c1nsc2ccccc12)NCc1ccc2cnccc2c1.Cl. The molecule has 4 rings (SSSR count). The number of nitrogens with one attached hydrogen (secondary N) is 1. The van der Waals surface area contributed by atoms with Crippen molar-refractivity contribution in [3.05, 3.63) is 72.2 Å². The van der Waals surface area contributed by atoms with E-state index in [1.165, 1.54) is 27.9 Å². The van der Waals surface area contributed by atoms with Gasteiger partial charge in [0.2, 0.25) is 0 Å². The van der Waals surface area contributed by atoms with E-state index in [0.717, 1.165) is 35.2 Å². The second kappa shape index (κ2) is 9.84. The minimum atomic E-state index is -0.897. The summed E-state index contributed by atoms with van der Waals surface area (Å²) in [4.78, 5) is 4.17. The molecule has 1 unspecified atom stereocenters. The molecule has 0 spiro atoms. The van der Waals surface area contributed by atoms with Crippen molar-refractivity contribution in [3.63, 3.8) is 0 Å². The summed E-state index contributed by atoms with van der Waals surface area (Å²) in [6, 6.07) is 17.0. The number of halogens is 1. The van der Waals surface area contributed by atoms with Crippen molar-refractivity contribution in [1.29, 1.82) is 0 Å². The average Bonchev–Trinajstić information content (AvgIpc) is 3.17. The summed E-state index contributed by atoms with van der Waals surface area (Å²) >= 11 is 1.46. The third kappa shape index (κ3) is 5.16. The molecule has 158 valence electrons. The molecule has 2 aromatic heterocycles. The number of benzene rings is 2. The summed E-state index contributed by atoms with van der Waals surface area (Å²) < 4.78 is 5.67. The van der Waals surface area contributed by atoms with Gasteiger partial charge in [-0.3, -0.25) is 4.98 Å². The van der Waals surface area contributed by atoms with Crippen LogP contribution in [0.3, 0.4) is 0 Å². The number of pyridine rings is 1. The number of nitrogens with zero attached hydrogens (tertiary/aromatic N) is 2. The second-order valence-corrected chi connectivity index (χ2v) is 8.84. The van der Waals surface area contributed by atoms with Crippen LogP contribution in [0.4, 0.5) is 0 Å². The van der Waals surface area contributed by atoms with Crippen LogP contribution in [0.25, 0.3) is 20.9 Å². The lowest BCUT2D eigenvalue weighted by Crippen LogP contribution is -2.27. The highest BCUT2D eigenvalue weighted by atomic mass is 35.5. The van der Waals surface area contributed by atoms with Gasteiger partial charge in [-0.15, -0.1) is 12.4 Å². The lowest BCUT2D eigenvalue weighted by Gasteiger charge is -2.23. The molecule has 0 saturated carbocycles. The fraction of sp³-hybridized carbons (Fsp3) is 0.333. The molecule has 0 aliphatic rings. The van der Waals surface area contributed by atoms with Gasteiger partial charge in [-0.25, -0.2) is 0 Å². The van der Waals surface area contributed by atoms with Gasteiger partial charge in [-0.1, -0.05) is 30.3 Å². The summed E-state index contributed by atoms with van der Waals surface area (Å²) in [6.45, 7) is 4.93. The fourth-order valence-corrected chi connectivity index (χ4v) is 4.67. The van der Waals surface area contributed by atoms with E-state index in [9.17, 15) is 5.11 Å². The lowest BCUT2D eigenvalue weighted by molar-refractivity contribution is 0.0424. The zero-order chi connectivity index (χ0) is 20.3. The quantitative estimate of drug-likeness (QED) is 0.361. The first-order valence-electron chi connectivity index (χ1n) is 10.2. The molecule has 0 aliphatic heterocycles. The molecule has 0 aliphatic carbocycles. The van der Waals surface area contributed by atoms with Crippen LogP contribution >= 0.6 is 23.9 Å². The zero-order valence-corrected chi connectivity index (χ0v) is 19.0. The Bertz CT molecular complexity index is 1110. The molecular weight excluding hydrogens is 414 g/mol. The summed E-state index contributed by atoms with van der Waals surface area (Å²) in [5.74, 6) is 0. The Hall–Kier alpha value is -2.05. The van der Waals surface area contributed by atoms with Crippen LogP contribution in [0, 0.1) is 0 Å². The Labute approximate surface area is 187 Å². The van der Waals surface area contributed by atoms with Gasteiger partial charge in [0, 0.05) is 35.8 Å². The Morgan fingerprint density at radius 2 is 1.97 bits per heavy atom. The number of rotatable bonds is 8. The van der Waals surface area contributed by atoms with Crippen molar-refractivity contribution in [3.8, 4) is 0 Å². The number of aromatic nitrogens is 2. The van der Waals surface area contributed by atoms with Crippen molar-refractivity contribution in [2.75, 3.05) is 0 Å². The van der Waals surface area contributed by atoms with E-state index in [2.05, 4.69) is 45.9 Å². The van der Waals surface area contributed by atoms with Gasteiger partial charge in [-0.2, -0.15) is 4.37 Å². The largest absolute Gasteiger partial charge is 0.384 e. The van der Waals surface area contributed by atoms with Gasteiger partial charge in [0.15, 0.2) is 0 Å². The summed E-state index contributed by atoms with van der Waals surface area (Å²) in [6.07, 6.45) is 6.38. The van der Waals surface area contributed by atoms with Crippen LogP contribution in [0.1, 0.15) is 44.4 Å². The van der Waals surface area contributed by atoms with E-state index in [4.69, 9.17) is 0 Å². The minimum Gasteiger partial charge on any atom is -0.384 e. The Morgan fingerprint density at radius 3 is 2.83 bits per heavy atom. The van der Waals surface area contributed by atoms with Crippen molar-refractivity contribution in [2.24, 2.45) is 0 Å². The maximum absolute atomic E-state index is 11.0. The Balaban J connectivity index is 0.00000256. The first kappa shape index (κ1) is 22.6. The van der Waals surface area contributed by atoms with Crippen molar-refractivity contribution < 1.29 is 5.11 Å². The molecule has 2 aromatic carbocycles. The summed E-state index contributed by atoms with van der Waals surface area (Å²) in [5, 5.41) is 18.1. The van der Waals surface area contributed by atoms with Crippen LogP contribution in [-0.4, -0.2) is 20.5 Å². The molecule has 0 bridgehead atoms. The van der Waals surface area contributed by atoms with E-state index in [0.29, 0.717) is 12.5 Å². The number of hydrogen-bond donors (Lipinski definition) is 2. The van der Waals surface area contributed by atoms with Crippen molar-refractivity contribution in [2.45, 2.75) is 51.3 Å². The van der Waals surface area contributed by atoms with E-state index in [1.807, 2.05) is 43.6 Å². The van der Waals surface area contributed by atoms with Crippen LogP contribution in [0.2, 0.25) is 0 Å². The molecule has 2 atom stereocenters. The molecule has 4 nitrogen and oxygen atoms in total. The minimum absolute atomic E-state index is 0. The van der Waals surface area contributed by atoms with Gasteiger partial charge in [0.05, 0.1) is 10.4 Å². The molecule has 0 radical (unpaired) electrons. The standard InChI is InChI=1S/C24H27N3OS.ClH/c1-17(26-15-18-9-10-20-16-25-13-11-19(20)14-18)6-5-12-24(2,28)23-21-7-3-4-8-22(21)29-27-23;/h3-4,7-11,13-14,16-17,26,28H,5-6,12,15H2,1-2H3;1H/t17-,24?;/m1./s1. The highest BCUT2D eigenvalue weighted by molar-refractivity contribution is 7.13. The van der Waals surface area contributed by atoms with Crippen LogP contribution < -0.4 is 5.32 Å². The van der Waals surface area contributed by atoms with Crippen molar-refractivity contribution >= 4 is 44.8 Å². The highest BCUT2D eigenvalue weighted by Gasteiger charge is 2.27. The predicted octanol–water partition coefficient (Wildman–Crippen LogP) is 5.82. The number of fused-ring (bicyclic) bond motifs is 2. The monoisotopic (exact) mass is 441 g/mol. The van der Waals surface area contributed by atoms with Crippen LogP contribution in [0.15, 0.2) is 60.9 Å². The Kier molecular flexibility index (Phi) is 7.42. The van der Waals surface area contributed by atoms with Crippen LogP contribution in [-0.2, 0) is 12.1 Å². The average molecular weight is 442 g/mol.